The lowest BCUT2D eigenvalue weighted by molar-refractivity contribution is -0.147. The van der Waals surface area contributed by atoms with Gasteiger partial charge in [-0.3, -0.25) is 14.4 Å². The number of carbonyl (C=O) groups is 3. The normalized spacial score (nSPS) is 22.3. The molecule has 3 aromatic rings. The number of ketones is 2. The molecule has 10 heteroatoms. The number of phenolic OH excluding ortho intramolecular Hbond substituents is 1. The van der Waals surface area contributed by atoms with Crippen molar-refractivity contribution in [1.29, 1.82) is 0 Å². The maximum atomic E-state index is 13.8. The molecule has 1 fully saturated rings. The Morgan fingerprint density at radius 1 is 1.00 bits per heavy atom. The van der Waals surface area contributed by atoms with Crippen molar-refractivity contribution in [2.24, 2.45) is 17.6 Å². The molecule has 46 heavy (non-hydrogen) atoms. The molecule has 1 saturated carbocycles. The molecule has 3 aromatic carbocycles. The number of aliphatic hydroxyl groups is 3. The Kier molecular flexibility index (Phi) is 7.95. The number of Topliss-reactive ketones (excluding diaryl/α,β-unsaturated/α-hetero) is 2. The minimum Gasteiger partial charge on any atom is -0.508 e. The summed E-state index contributed by atoms with van der Waals surface area (Å²) in [7, 11) is 1.56. The summed E-state index contributed by atoms with van der Waals surface area (Å²) in [6, 6.07) is 17.4. The van der Waals surface area contributed by atoms with Crippen LogP contribution in [0.4, 0.5) is 0 Å². The number of hydrogen-bond donors (Lipinski definition) is 6. The van der Waals surface area contributed by atoms with E-state index in [1.807, 2.05) is 18.2 Å². The van der Waals surface area contributed by atoms with Gasteiger partial charge < -0.3 is 36.2 Å². The van der Waals surface area contributed by atoms with E-state index < -0.39 is 52.0 Å². The molecule has 3 aliphatic rings. The molecular weight excluding hydrogens is 588 g/mol. The zero-order valence-electron chi connectivity index (χ0n) is 25.6. The Balaban J connectivity index is 1.35. The number of ether oxygens (including phenoxy) is 1. The van der Waals surface area contributed by atoms with E-state index in [0.717, 1.165) is 24.1 Å². The Bertz CT molecular complexity index is 1840. The lowest BCUT2D eigenvalue weighted by atomic mass is 9.59. The first kappa shape index (κ1) is 31.1. The lowest BCUT2D eigenvalue weighted by Crippen LogP contribution is -2.58. The van der Waals surface area contributed by atoms with Crippen LogP contribution in [-0.2, 0) is 33.8 Å². The fourth-order valence-electron chi connectivity index (χ4n) is 7.17. The molecule has 0 radical (unpaired) electrons. The minimum absolute atomic E-state index is 0.0355. The van der Waals surface area contributed by atoms with Crippen molar-refractivity contribution >= 4 is 23.2 Å². The van der Waals surface area contributed by atoms with Crippen molar-refractivity contribution in [3.05, 3.63) is 99.3 Å². The van der Waals surface area contributed by atoms with Gasteiger partial charge in [-0.05, 0) is 79.1 Å². The summed E-state index contributed by atoms with van der Waals surface area (Å²) in [5.41, 5.74) is 7.15. The highest BCUT2D eigenvalue weighted by Gasteiger charge is 2.60. The number of benzene rings is 3. The van der Waals surface area contributed by atoms with Crippen LogP contribution in [0.3, 0.4) is 0 Å². The van der Waals surface area contributed by atoms with Gasteiger partial charge in [-0.1, -0.05) is 42.0 Å². The second-order valence-corrected chi connectivity index (χ2v) is 12.3. The second kappa shape index (κ2) is 11.8. The maximum absolute atomic E-state index is 13.8. The van der Waals surface area contributed by atoms with Gasteiger partial charge in [0.25, 0.3) is 5.91 Å². The SMILES string of the molecule is COc1ccc(CNCCc2ccc(C)cc2)cc1-c1ccc(O)c2c1C[C@H]1C[C@H]3CC(=O)C(C(N)=O)=C(O)[C@@]3(O)C(=O)C1=C2O. The molecule has 7 N–H and O–H groups in total. The van der Waals surface area contributed by atoms with E-state index >= 15 is 0 Å². The predicted molar refractivity (Wildman–Crippen MR) is 170 cm³/mol. The number of aryl methyl sites for hydroxylation is 1. The van der Waals surface area contributed by atoms with Crippen molar-refractivity contribution in [2.45, 2.75) is 44.8 Å². The predicted octanol–water partition coefficient (Wildman–Crippen LogP) is 3.74. The number of fused-ring (bicyclic) bond motifs is 3. The van der Waals surface area contributed by atoms with Crippen molar-refractivity contribution in [1.82, 2.24) is 5.32 Å². The molecule has 6 rings (SSSR count). The van der Waals surface area contributed by atoms with Crippen LogP contribution in [-0.4, -0.2) is 57.2 Å². The summed E-state index contributed by atoms with van der Waals surface area (Å²) < 4.78 is 5.70. The molecule has 0 aromatic heterocycles. The number of aliphatic hydroxyl groups excluding tert-OH is 2. The average molecular weight is 625 g/mol. The van der Waals surface area contributed by atoms with Gasteiger partial charge >= 0.3 is 0 Å². The average Bonchev–Trinajstić information content (AvgIpc) is 3.02. The number of nitrogens with one attached hydrogen (secondary N) is 1. The van der Waals surface area contributed by atoms with Crippen molar-refractivity contribution in [3.63, 3.8) is 0 Å². The van der Waals surface area contributed by atoms with Crippen molar-refractivity contribution in [3.8, 4) is 22.6 Å². The first-order valence-electron chi connectivity index (χ1n) is 15.2. The van der Waals surface area contributed by atoms with E-state index in [9.17, 15) is 34.8 Å². The highest BCUT2D eigenvalue weighted by atomic mass is 16.5. The molecule has 0 heterocycles. The third kappa shape index (κ3) is 5.03. The number of amides is 1. The first-order chi connectivity index (χ1) is 21.9. The molecule has 0 bridgehead atoms. The van der Waals surface area contributed by atoms with Crippen LogP contribution in [0.5, 0.6) is 11.5 Å². The summed E-state index contributed by atoms with van der Waals surface area (Å²) in [5.74, 6) is -6.03. The van der Waals surface area contributed by atoms with E-state index in [4.69, 9.17) is 10.5 Å². The van der Waals surface area contributed by atoms with Gasteiger partial charge in [0.1, 0.15) is 28.6 Å². The molecule has 3 atom stereocenters. The largest absolute Gasteiger partial charge is 0.508 e. The van der Waals surface area contributed by atoms with E-state index in [-0.39, 0.29) is 36.1 Å². The molecule has 0 unspecified atom stereocenters. The van der Waals surface area contributed by atoms with Crippen LogP contribution in [0.25, 0.3) is 16.9 Å². The Hall–Kier alpha value is -4.93. The summed E-state index contributed by atoms with van der Waals surface area (Å²) >= 11 is 0. The number of rotatable bonds is 8. The Labute approximate surface area is 265 Å². The summed E-state index contributed by atoms with van der Waals surface area (Å²) in [5, 5.41) is 48.2. The van der Waals surface area contributed by atoms with Crippen LogP contribution in [0, 0.1) is 18.8 Å². The van der Waals surface area contributed by atoms with E-state index in [1.165, 1.54) is 17.2 Å². The van der Waals surface area contributed by atoms with Gasteiger partial charge in [-0.25, -0.2) is 0 Å². The van der Waals surface area contributed by atoms with Crippen molar-refractivity contribution < 1.29 is 39.5 Å². The van der Waals surface area contributed by atoms with E-state index in [0.29, 0.717) is 23.4 Å². The third-order valence-corrected chi connectivity index (χ3v) is 9.54. The Morgan fingerprint density at radius 2 is 1.72 bits per heavy atom. The number of primary amides is 1. The molecule has 3 aliphatic carbocycles. The number of methoxy groups -OCH3 is 1. The quantitative estimate of drug-likeness (QED) is 0.161. The smallest absolute Gasteiger partial charge is 0.255 e. The molecule has 1 amide bonds. The van der Waals surface area contributed by atoms with Crippen LogP contribution in [0.2, 0.25) is 0 Å². The molecule has 0 aliphatic heterocycles. The second-order valence-electron chi connectivity index (χ2n) is 12.3. The van der Waals surface area contributed by atoms with Gasteiger partial charge in [0, 0.05) is 30.0 Å². The van der Waals surface area contributed by atoms with Crippen molar-refractivity contribution in [2.75, 3.05) is 13.7 Å². The first-order valence-corrected chi connectivity index (χ1v) is 15.2. The van der Waals surface area contributed by atoms with E-state index in [1.54, 1.807) is 13.2 Å². The lowest BCUT2D eigenvalue weighted by Gasteiger charge is -2.46. The van der Waals surface area contributed by atoms with Crippen LogP contribution >= 0.6 is 0 Å². The topological polar surface area (TPSA) is 179 Å². The monoisotopic (exact) mass is 624 g/mol. The summed E-state index contributed by atoms with van der Waals surface area (Å²) in [4.78, 5) is 38.4. The van der Waals surface area contributed by atoms with Crippen LogP contribution in [0.1, 0.15) is 40.7 Å². The standard InChI is InChI=1S/C36H36N2O8/c1-18-3-5-19(6-4-18)11-12-38-17-20-7-10-28(46-2)24(13-20)23-8-9-26(39)30-25(23)15-21-14-22-16-27(40)31(35(37)44)34(43)36(22,45)33(42)29(21)32(30)41/h3-10,13,21-22,38-39,41,43,45H,11-12,14-17H2,1-2H3,(H2,37,44)/t21-,22+,36+/m1/s1. The Morgan fingerprint density at radius 3 is 2.41 bits per heavy atom. The van der Waals surface area contributed by atoms with Crippen LogP contribution < -0.4 is 15.8 Å². The van der Waals surface area contributed by atoms with Gasteiger partial charge in [-0.2, -0.15) is 0 Å². The van der Waals surface area contributed by atoms with Gasteiger partial charge in [0.15, 0.2) is 11.4 Å². The van der Waals surface area contributed by atoms with Gasteiger partial charge in [-0.15, -0.1) is 0 Å². The fourth-order valence-corrected chi connectivity index (χ4v) is 7.17. The highest BCUT2D eigenvalue weighted by Crippen LogP contribution is 2.53. The zero-order chi connectivity index (χ0) is 32.9. The number of hydrogen-bond acceptors (Lipinski definition) is 9. The number of phenols is 1. The molecule has 238 valence electrons. The number of carbonyl (C=O) groups excluding carboxylic acids is 3. The minimum atomic E-state index is -2.60. The van der Waals surface area contributed by atoms with Crippen LogP contribution in [0.15, 0.2) is 71.5 Å². The fraction of sp³-hybridized carbons (Fsp3) is 0.306. The molecule has 0 spiro atoms. The third-order valence-electron chi connectivity index (χ3n) is 9.54. The van der Waals surface area contributed by atoms with Gasteiger partial charge in [0.05, 0.1) is 12.7 Å². The highest BCUT2D eigenvalue weighted by molar-refractivity contribution is 6.22. The zero-order valence-corrected chi connectivity index (χ0v) is 25.6. The molecule has 10 nitrogen and oxygen atoms in total. The maximum Gasteiger partial charge on any atom is 0.255 e. The summed E-state index contributed by atoms with van der Waals surface area (Å²) in [6.07, 6.45) is 0.754. The van der Waals surface area contributed by atoms with E-state index in [2.05, 4.69) is 36.5 Å². The molecular formula is C36H36N2O8. The molecule has 0 saturated heterocycles. The van der Waals surface area contributed by atoms with Gasteiger partial charge in [0.2, 0.25) is 5.78 Å². The number of nitrogens with two attached hydrogens (primary N) is 1. The summed E-state index contributed by atoms with van der Waals surface area (Å²) in [6.45, 7) is 3.43. The number of aromatic hydroxyl groups is 1.